The van der Waals surface area contributed by atoms with Gasteiger partial charge in [0.05, 0.1) is 11.3 Å². The molecule has 0 spiro atoms. The van der Waals surface area contributed by atoms with Gasteiger partial charge in [0.2, 0.25) is 0 Å². The van der Waals surface area contributed by atoms with Gasteiger partial charge in [0.1, 0.15) is 5.82 Å². The van der Waals surface area contributed by atoms with Gasteiger partial charge in [0.25, 0.3) is 11.8 Å². The minimum Gasteiger partial charge on any atom is -0.350 e. The summed E-state index contributed by atoms with van der Waals surface area (Å²) in [5.41, 5.74) is 1.49. The number of hydrogen-bond donors (Lipinski definition) is 2. The van der Waals surface area contributed by atoms with Crippen molar-refractivity contribution >= 4 is 29.3 Å². The fraction of sp³-hybridized carbons (Fsp3) is 0.333. The Bertz CT molecular complexity index is 934. The van der Waals surface area contributed by atoms with Gasteiger partial charge in [-0.2, -0.15) is 0 Å². The molecule has 7 heteroatoms. The van der Waals surface area contributed by atoms with Gasteiger partial charge in [-0.15, -0.1) is 0 Å². The van der Waals surface area contributed by atoms with Crippen molar-refractivity contribution < 1.29 is 14.0 Å². The average Bonchev–Trinajstić information content (AvgIpc) is 3.09. The summed E-state index contributed by atoms with van der Waals surface area (Å²) in [5.74, 6) is -0.840. The second kappa shape index (κ2) is 7.93. The largest absolute Gasteiger partial charge is 0.350 e. The smallest absolute Gasteiger partial charge is 0.256 e. The van der Waals surface area contributed by atoms with Crippen LogP contribution in [0.2, 0.25) is 0 Å². The lowest BCUT2D eigenvalue weighted by atomic mass is 10.1. The van der Waals surface area contributed by atoms with Crippen LogP contribution in [-0.4, -0.2) is 42.4 Å². The van der Waals surface area contributed by atoms with E-state index >= 15 is 0 Å². The van der Waals surface area contributed by atoms with Crippen LogP contribution < -0.4 is 10.6 Å². The first kappa shape index (κ1) is 19.0. The van der Waals surface area contributed by atoms with Gasteiger partial charge >= 0.3 is 0 Å². The number of fused-ring (bicyclic) bond motifs is 2. The number of hydrogen-bond acceptors (Lipinski definition) is 4. The first-order chi connectivity index (χ1) is 13.5. The highest BCUT2D eigenvalue weighted by Crippen LogP contribution is 2.39. The number of nitrogens with one attached hydrogen (secondary N) is 2. The Morgan fingerprint density at radius 1 is 1.29 bits per heavy atom. The Labute approximate surface area is 167 Å². The minimum absolute atomic E-state index is 0.155. The van der Waals surface area contributed by atoms with Gasteiger partial charge < -0.3 is 10.6 Å². The van der Waals surface area contributed by atoms with Crippen molar-refractivity contribution in [3.05, 3.63) is 53.3 Å². The molecule has 1 unspecified atom stereocenters. The maximum Gasteiger partial charge on any atom is 0.256 e. The van der Waals surface area contributed by atoms with Crippen LogP contribution in [0.15, 0.2) is 46.2 Å². The average molecular weight is 399 g/mol. The van der Waals surface area contributed by atoms with Crippen LogP contribution in [0.25, 0.3) is 0 Å². The molecule has 2 aliphatic heterocycles. The summed E-state index contributed by atoms with van der Waals surface area (Å²) in [6.45, 7) is 4.83. The second-order valence-corrected chi connectivity index (χ2v) is 8.13. The highest BCUT2D eigenvalue weighted by Gasteiger charge is 2.24. The number of likely N-dealkylation sites (N-methyl/N-ethyl adjacent to an activating group) is 1. The molecule has 146 valence electrons. The van der Waals surface area contributed by atoms with Crippen LogP contribution in [-0.2, 0) is 0 Å². The van der Waals surface area contributed by atoms with E-state index in [1.165, 1.54) is 30.0 Å². The maximum absolute atomic E-state index is 13.6. The Balaban J connectivity index is 1.50. The molecule has 4 rings (SSSR count). The molecular weight excluding hydrogens is 377 g/mol. The van der Waals surface area contributed by atoms with Crippen LogP contribution in [0.3, 0.4) is 0 Å². The Hall–Kier alpha value is -2.38. The van der Waals surface area contributed by atoms with Gasteiger partial charge in [0.15, 0.2) is 0 Å². The van der Waals surface area contributed by atoms with E-state index in [-0.39, 0.29) is 17.6 Å². The quantitative estimate of drug-likeness (QED) is 0.822. The zero-order chi connectivity index (χ0) is 19.7. The molecule has 1 saturated heterocycles. The van der Waals surface area contributed by atoms with Crippen molar-refractivity contribution in [2.75, 3.05) is 25.0 Å². The number of amides is 2. The van der Waals surface area contributed by atoms with E-state index in [0.717, 1.165) is 30.8 Å². The molecule has 2 aromatic carbocycles. The fourth-order valence-electron chi connectivity index (χ4n) is 3.79. The summed E-state index contributed by atoms with van der Waals surface area (Å²) in [7, 11) is 0. The van der Waals surface area contributed by atoms with E-state index in [0.29, 0.717) is 34.3 Å². The van der Waals surface area contributed by atoms with E-state index in [1.807, 2.05) is 0 Å². The normalized spacial score (nSPS) is 18.8. The molecule has 0 aliphatic carbocycles. The number of rotatable bonds is 4. The molecule has 2 aliphatic rings. The summed E-state index contributed by atoms with van der Waals surface area (Å²) in [6.07, 6.45) is 2.26. The van der Waals surface area contributed by atoms with Gasteiger partial charge in [-0.05, 0) is 62.3 Å². The third kappa shape index (κ3) is 3.77. The summed E-state index contributed by atoms with van der Waals surface area (Å²) in [4.78, 5) is 28.8. The highest BCUT2D eigenvalue weighted by molar-refractivity contribution is 7.99. The number of anilines is 1. The number of nitrogens with zero attached hydrogens (tertiary/aromatic N) is 1. The summed E-state index contributed by atoms with van der Waals surface area (Å²) in [5, 5.41) is 5.85. The first-order valence-corrected chi connectivity index (χ1v) is 10.3. The van der Waals surface area contributed by atoms with Crippen LogP contribution in [0, 0.1) is 5.82 Å². The number of carbonyl (C=O) groups excluding carboxylic acids is 2. The Morgan fingerprint density at radius 3 is 2.96 bits per heavy atom. The zero-order valence-corrected chi connectivity index (χ0v) is 16.4. The molecule has 2 aromatic rings. The van der Waals surface area contributed by atoms with E-state index in [4.69, 9.17) is 0 Å². The van der Waals surface area contributed by atoms with Crippen LogP contribution in [0.5, 0.6) is 0 Å². The molecule has 0 bridgehead atoms. The van der Waals surface area contributed by atoms with Gasteiger partial charge in [-0.1, -0.05) is 18.7 Å². The standard InChI is InChI=1S/C21H22FN3O2S/c1-2-25-9-3-4-15(25)12-23-20(26)13-5-8-18-17(10-13)24-21(27)16-7-6-14(22)11-19(16)28-18/h5-8,10-11,15H,2-4,9,12H2,1H3,(H,23,26)(H,24,27). The Morgan fingerprint density at radius 2 is 2.14 bits per heavy atom. The molecule has 0 aromatic heterocycles. The first-order valence-electron chi connectivity index (χ1n) is 9.50. The zero-order valence-electron chi connectivity index (χ0n) is 15.6. The van der Waals surface area contributed by atoms with Crippen LogP contribution in [0.4, 0.5) is 10.1 Å². The maximum atomic E-state index is 13.6. The molecule has 2 N–H and O–H groups in total. The van der Waals surface area contributed by atoms with E-state index in [2.05, 4.69) is 22.5 Å². The molecule has 0 saturated carbocycles. The monoisotopic (exact) mass is 399 g/mol. The molecular formula is C21H22FN3O2S. The third-order valence-electron chi connectivity index (χ3n) is 5.30. The third-order valence-corrected chi connectivity index (χ3v) is 6.44. The fourth-order valence-corrected chi connectivity index (χ4v) is 4.82. The number of benzene rings is 2. The lowest BCUT2D eigenvalue weighted by molar-refractivity contribution is 0.0940. The van der Waals surface area contributed by atoms with Gasteiger partial charge in [-0.25, -0.2) is 4.39 Å². The van der Waals surface area contributed by atoms with Crippen molar-refractivity contribution in [3.8, 4) is 0 Å². The minimum atomic E-state index is -0.383. The summed E-state index contributed by atoms with van der Waals surface area (Å²) in [6, 6.07) is 9.71. The number of halogens is 1. The molecule has 1 fully saturated rings. The lowest BCUT2D eigenvalue weighted by Crippen LogP contribution is -2.40. The number of carbonyl (C=O) groups is 2. The molecule has 2 heterocycles. The van der Waals surface area contributed by atoms with Gasteiger partial charge in [-0.3, -0.25) is 14.5 Å². The van der Waals surface area contributed by atoms with E-state index in [1.54, 1.807) is 18.2 Å². The molecule has 5 nitrogen and oxygen atoms in total. The molecule has 0 radical (unpaired) electrons. The van der Waals surface area contributed by atoms with Crippen LogP contribution >= 0.6 is 11.8 Å². The predicted molar refractivity (Wildman–Crippen MR) is 108 cm³/mol. The molecule has 2 amide bonds. The van der Waals surface area contributed by atoms with Crippen molar-refractivity contribution in [1.29, 1.82) is 0 Å². The highest BCUT2D eigenvalue weighted by atomic mass is 32.2. The molecule has 1 atom stereocenters. The summed E-state index contributed by atoms with van der Waals surface area (Å²) < 4.78 is 13.6. The second-order valence-electron chi connectivity index (χ2n) is 7.04. The SMILES string of the molecule is CCN1CCCC1CNC(=O)c1ccc2c(c1)NC(=O)c1ccc(F)cc1S2. The van der Waals surface area contributed by atoms with Crippen molar-refractivity contribution in [1.82, 2.24) is 10.2 Å². The topological polar surface area (TPSA) is 61.4 Å². The molecule has 28 heavy (non-hydrogen) atoms. The van der Waals surface area contributed by atoms with Crippen LogP contribution in [0.1, 0.15) is 40.5 Å². The van der Waals surface area contributed by atoms with Crippen molar-refractivity contribution in [3.63, 3.8) is 0 Å². The summed E-state index contributed by atoms with van der Waals surface area (Å²) >= 11 is 1.32. The Kier molecular flexibility index (Phi) is 5.37. The van der Waals surface area contributed by atoms with Crippen molar-refractivity contribution in [2.24, 2.45) is 0 Å². The lowest BCUT2D eigenvalue weighted by Gasteiger charge is -2.23. The van der Waals surface area contributed by atoms with E-state index in [9.17, 15) is 14.0 Å². The van der Waals surface area contributed by atoms with Crippen molar-refractivity contribution in [2.45, 2.75) is 35.6 Å². The number of likely N-dealkylation sites (tertiary alicyclic amines) is 1. The van der Waals surface area contributed by atoms with Gasteiger partial charge in [0, 0.05) is 27.9 Å². The van der Waals surface area contributed by atoms with E-state index < -0.39 is 0 Å². The predicted octanol–water partition coefficient (Wildman–Crippen LogP) is 3.76.